The van der Waals surface area contributed by atoms with Crippen molar-refractivity contribution < 1.29 is 14.2 Å². The zero-order valence-electron chi connectivity index (χ0n) is 16.7. The van der Waals surface area contributed by atoms with E-state index in [-0.39, 0.29) is 24.0 Å². The number of aliphatic imine (C=N–C) groups is 1. The summed E-state index contributed by atoms with van der Waals surface area (Å²) in [6.45, 7) is 7.67. The monoisotopic (exact) mass is 504 g/mol. The number of hydrogen-bond acceptors (Lipinski definition) is 5. The fourth-order valence-corrected chi connectivity index (χ4v) is 3.43. The minimum absolute atomic E-state index is 0. The highest BCUT2D eigenvalue weighted by Gasteiger charge is 2.24. The standard InChI is InChI=1S/C20H32N4O3.HI/c1-2-22-20(23-10-14-26-18-5-3-9-21-15-18)24-11-7-17(8-12-24)27-16-19-6-4-13-25-19;/h3,5,9,15,17,19H,2,4,6-8,10-14,16H2,1H3,(H,22,23);1H. The summed E-state index contributed by atoms with van der Waals surface area (Å²) in [4.78, 5) is 11.1. The fraction of sp³-hybridized carbons (Fsp3) is 0.700. The molecule has 0 radical (unpaired) electrons. The Morgan fingerprint density at radius 3 is 2.89 bits per heavy atom. The maximum atomic E-state index is 6.06. The smallest absolute Gasteiger partial charge is 0.194 e. The largest absolute Gasteiger partial charge is 0.490 e. The molecule has 2 aliphatic rings. The molecule has 0 aliphatic carbocycles. The van der Waals surface area contributed by atoms with Gasteiger partial charge in [-0.2, -0.15) is 0 Å². The molecule has 0 amide bonds. The van der Waals surface area contributed by atoms with E-state index in [1.807, 2.05) is 12.1 Å². The number of pyridine rings is 1. The van der Waals surface area contributed by atoms with Gasteiger partial charge < -0.3 is 24.4 Å². The van der Waals surface area contributed by atoms with Crippen molar-refractivity contribution in [2.24, 2.45) is 4.99 Å². The highest BCUT2D eigenvalue weighted by Crippen LogP contribution is 2.17. The lowest BCUT2D eigenvalue weighted by Gasteiger charge is -2.34. The van der Waals surface area contributed by atoms with Crippen molar-refractivity contribution in [3.05, 3.63) is 24.5 Å². The molecule has 7 nitrogen and oxygen atoms in total. The van der Waals surface area contributed by atoms with Crippen molar-refractivity contribution in [2.75, 3.05) is 46.0 Å². The fourth-order valence-electron chi connectivity index (χ4n) is 3.43. The Hall–Kier alpha value is -1.13. The van der Waals surface area contributed by atoms with Crippen LogP contribution in [0.25, 0.3) is 0 Å². The number of hydrogen-bond donors (Lipinski definition) is 1. The third-order valence-corrected chi connectivity index (χ3v) is 4.87. The Morgan fingerprint density at radius 2 is 2.21 bits per heavy atom. The van der Waals surface area contributed by atoms with Crippen molar-refractivity contribution in [2.45, 2.75) is 44.8 Å². The average Bonchev–Trinajstić information content (AvgIpc) is 3.24. The molecule has 0 saturated carbocycles. The Labute approximate surface area is 185 Å². The molecule has 2 saturated heterocycles. The second-order valence-electron chi connectivity index (χ2n) is 6.93. The summed E-state index contributed by atoms with van der Waals surface area (Å²) < 4.78 is 17.4. The molecule has 8 heteroatoms. The molecule has 1 aromatic heterocycles. The summed E-state index contributed by atoms with van der Waals surface area (Å²) >= 11 is 0. The number of guanidine groups is 1. The molecule has 1 unspecified atom stereocenters. The first-order valence-corrected chi connectivity index (χ1v) is 10.1. The van der Waals surface area contributed by atoms with Crippen molar-refractivity contribution >= 4 is 29.9 Å². The summed E-state index contributed by atoms with van der Waals surface area (Å²) in [6.07, 6.45) is 8.46. The van der Waals surface area contributed by atoms with E-state index in [4.69, 9.17) is 19.2 Å². The quantitative estimate of drug-likeness (QED) is 0.254. The molecule has 1 aromatic rings. The van der Waals surface area contributed by atoms with Crippen LogP contribution in [0, 0.1) is 0 Å². The third-order valence-electron chi connectivity index (χ3n) is 4.87. The van der Waals surface area contributed by atoms with Crippen LogP contribution >= 0.6 is 24.0 Å². The van der Waals surface area contributed by atoms with Gasteiger partial charge in [-0.1, -0.05) is 0 Å². The van der Waals surface area contributed by atoms with E-state index >= 15 is 0 Å². The van der Waals surface area contributed by atoms with Crippen molar-refractivity contribution in [1.29, 1.82) is 0 Å². The van der Waals surface area contributed by atoms with E-state index in [1.165, 1.54) is 6.42 Å². The summed E-state index contributed by atoms with van der Waals surface area (Å²) in [5.74, 6) is 1.74. The number of halogens is 1. The highest BCUT2D eigenvalue weighted by atomic mass is 127. The molecule has 0 bridgehead atoms. The Balaban J connectivity index is 0.00000280. The van der Waals surface area contributed by atoms with Gasteiger partial charge >= 0.3 is 0 Å². The van der Waals surface area contributed by atoms with E-state index in [0.717, 1.165) is 63.8 Å². The summed E-state index contributed by atoms with van der Waals surface area (Å²) in [6, 6.07) is 3.77. The zero-order valence-corrected chi connectivity index (χ0v) is 19.0. The SMILES string of the molecule is CCNC(=NCCOc1cccnc1)N1CCC(OCC2CCCO2)CC1.I. The predicted molar refractivity (Wildman–Crippen MR) is 121 cm³/mol. The second kappa shape index (κ2) is 13.2. The van der Waals surface area contributed by atoms with E-state index in [0.29, 0.717) is 25.4 Å². The molecule has 3 rings (SSSR count). The number of ether oxygens (including phenoxy) is 3. The van der Waals surface area contributed by atoms with Crippen molar-refractivity contribution in [1.82, 2.24) is 15.2 Å². The molecular weight excluding hydrogens is 471 g/mol. The number of piperidine rings is 1. The minimum atomic E-state index is 0. The molecule has 2 fully saturated rings. The van der Waals surface area contributed by atoms with Gasteiger partial charge in [-0.3, -0.25) is 4.98 Å². The molecule has 2 aliphatic heterocycles. The van der Waals surface area contributed by atoms with Crippen molar-refractivity contribution in [3.8, 4) is 5.75 Å². The van der Waals surface area contributed by atoms with E-state index < -0.39 is 0 Å². The Bertz CT molecular complexity index is 562. The van der Waals surface area contributed by atoms with Crippen LogP contribution in [0.4, 0.5) is 0 Å². The zero-order chi connectivity index (χ0) is 18.7. The van der Waals surface area contributed by atoms with Gasteiger partial charge in [0.1, 0.15) is 12.4 Å². The lowest BCUT2D eigenvalue weighted by atomic mass is 10.1. The number of aromatic nitrogens is 1. The van der Waals surface area contributed by atoms with Crippen LogP contribution in [0.15, 0.2) is 29.5 Å². The van der Waals surface area contributed by atoms with E-state index in [2.05, 4.69) is 22.1 Å². The minimum Gasteiger partial charge on any atom is -0.490 e. The maximum Gasteiger partial charge on any atom is 0.194 e. The summed E-state index contributed by atoms with van der Waals surface area (Å²) in [5.41, 5.74) is 0. The molecule has 3 heterocycles. The molecule has 0 spiro atoms. The highest BCUT2D eigenvalue weighted by molar-refractivity contribution is 14.0. The first-order chi connectivity index (χ1) is 13.3. The Kier molecular flexibility index (Phi) is 10.9. The lowest BCUT2D eigenvalue weighted by Crippen LogP contribution is -2.47. The van der Waals surface area contributed by atoms with E-state index in [1.54, 1.807) is 12.4 Å². The van der Waals surface area contributed by atoms with Crippen LogP contribution < -0.4 is 10.1 Å². The van der Waals surface area contributed by atoms with Gasteiger partial charge in [0.2, 0.25) is 0 Å². The number of rotatable bonds is 8. The van der Waals surface area contributed by atoms with Crippen LogP contribution in [0.1, 0.15) is 32.6 Å². The van der Waals surface area contributed by atoms with Gasteiger partial charge in [0, 0.05) is 32.4 Å². The summed E-state index contributed by atoms with van der Waals surface area (Å²) in [7, 11) is 0. The van der Waals surface area contributed by atoms with Crippen LogP contribution in [0.5, 0.6) is 5.75 Å². The first kappa shape index (κ1) is 23.2. The van der Waals surface area contributed by atoms with Gasteiger partial charge in [0.05, 0.1) is 31.6 Å². The van der Waals surface area contributed by atoms with Gasteiger partial charge in [0.25, 0.3) is 0 Å². The maximum absolute atomic E-state index is 6.06. The van der Waals surface area contributed by atoms with Crippen molar-refractivity contribution in [3.63, 3.8) is 0 Å². The van der Waals surface area contributed by atoms with Crippen LogP contribution in [0.3, 0.4) is 0 Å². The number of likely N-dealkylation sites (tertiary alicyclic amines) is 1. The molecule has 28 heavy (non-hydrogen) atoms. The molecule has 0 aromatic carbocycles. The number of nitrogens with zero attached hydrogens (tertiary/aromatic N) is 3. The average molecular weight is 504 g/mol. The van der Waals surface area contributed by atoms with Gasteiger partial charge in [-0.15, -0.1) is 24.0 Å². The third kappa shape index (κ3) is 7.71. The topological polar surface area (TPSA) is 68.2 Å². The molecular formula is C20H33IN4O3. The summed E-state index contributed by atoms with van der Waals surface area (Å²) in [5, 5.41) is 3.39. The van der Waals surface area contributed by atoms with E-state index in [9.17, 15) is 0 Å². The molecule has 1 N–H and O–H groups in total. The van der Waals surface area contributed by atoms with Gasteiger partial charge in [-0.25, -0.2) is 4.99 Å². The van der Waals surface area contributed by atoms with Crippen LogP contribution in [-0.2, 0) is 9.47 Å². The predicted octanol–water partition coefficient (Wildman–Crippen LogP) is 2.70. The molecule has 1 atom stereocenters. The van der Waals surface area contributed by atoms with Gasteiger partial charge in [0.15, 0.2) is 5.96 Å². The second-order valence-corrected chi connectivity index (χ2v) is 6.93. The lowest BCUT2D eigenvalue weighted by molar-refractivity contribution is -0.0367. The normalized spacial score (nSPS) is 20.7. The van der Waals surface area contributed by atoms with Crippen LogP contribution in [0.2, 0.25) is 0 Å². The molecule has 158 valence electrons. The first-order valence-electron chi connectivity index (χ1n) is 10.1. The number of nitrogens with one attached hydrogen (secondary N) is 1. The Morgan fingerprint density at radius 1 is 1.36 bits per heavy atom. The van der Waals surface area contributed by atoms with Gasteiger partial charge in [-0.05, 0) is 44.7 Å². The van der Waals surface area contributed by atoms with Crippen LogP contribution in [-0.4, -0.2) is 74.1 Å².